The molecule has 2 aromatic rings. The van der Waals surface area contributed by atoms with E-state index in [4.69, 9.17) is 0 Å². The van der Waals surface area contributed by atoms with Crippen LogP contribution in [0, 0.1) is 6.92 Å². The molecule has 0 aliphatic carbocycles. The number of hydrogen-bond acceptors (Lipinski definition) is 2. The van der Waals surface area contributed by atoms with Crippen molar-refractivity contribution >= 4 is 17.3 Å². The van der Waals surface area contributed by atoms with Crippen LogP contribution in [0.4, 0.5) is 11.4 Å². The van der Waals surface area contributed by atoms with Gasteiger partial charge in [0, 0.05) is 31.0 Å². The van der Waals surface area contributed by atoms with E-state index in [0.717, 1.165) is 16.9 Å². The predicted molar refractivity (Wildman–Crippen MR) is 79.9 cm³/mol. The lowest BCUT2D eigenvalue weighted by Gasteiger charge is -2.13. The Morgan fingerprint density at radius 2 is 1.63 bits per heavy atom. The van der Waals surface area contributed by atoms with Crippen LogP contribution in [0.3, 0.4) is 0 Å². The molecule has 2 aromatic carbocycles. The number of rotatable bonds is 3. The zero-order chi connectivity index (χ0) is 13.8. The highest BCUT2D eigenvalue weighted by atomic mass is 16.1. The van der Waals surface area contributed by atoms with Crippen LogP contribution in [-0.4, -0.2) is 20.0 Å². The topological polar surface area (TPSA) is 32.3 Å². The van der Waals surface area contributed by atoms with E-state index in [9.17, 15) is 4.79 Å². The van der Waals surface area contributed by atoms with Crippen molar-refractivity contribution in [2.75, 3.05) is 24.3 Å². The molecule has 0 bridgehead atoms. The summed E-state index contributed by atoms with van der Waals surface area (Å²) < 4.78 is 0. The lowest BCUT2D eigenvalue weighted by molar-refractivity contribution is 0.102. The second-order valence-corrected chi connectivity index (χ2v) is 4.71. The Kier molecular flexibility index (Phi) is 3.85. The Labute approximate surface area is 113 Å². The maximum absolute atomic E-state index is 12.1. The maximum Gasteiger partial charge on any atom is 0.255 e. The average molecular weight is 254 g/mol. The van der Waals surface area contributed by atoms with Crippen LogP contribution in [0.5, 0.6) is 0 Å². The molecule has 0 fully saturated rings. The number of carbonyl (C=O) groups excluding carboxylic acids is 1. The van der Waals surface area contributed by atoms with E-state index < -0.39 is 0 Å². The second-order valence-electron chi connectivity index (χ2n) is 4.71. The highest BCUT2D eigenvalue weighted by Gasteiger charge is 2.07. The minimum atomic E-state index is -0.0837. The number of nitrogens with one attached hydrogen (secondary N) is 1. The van der Waals surface area contributed by atoms with Crippen LogP contribution < -0.4 is 10.2 Å². The molecule has 0 heterocycles. The third-order valence-electron chi connectivity index (χ3n) is 3.04. The monoisotopic (exact) mass is 254 g/mol. The van der Waals surface area contributed by atoms with Crippen LogP contribution in [0.2, 0.25) is 0 Å². The van der Waals surface area contributed by atoms with Crippen LogP contribution in [-0.2, 0) is 0 Å². The number of amides is 1. The molecular formula is C16H18N2O. The normalized spacial score (nSPS) is 10.1. The molecule has 0 radical (unpaired) electrons. The minimum absolute atomic E-state index is 0.0837. The first kappa shape index (κ1) is 13.1. The van der Waals surface area contributed by atoms with Gasteiger partial charge in [0.2, 0.25) is 0 Å². The van der Waals surface area contributed by atoms with Gasteiger partial charge in [0.25, 0.3) is 5.91 Å². The van der Waals surface area contributed by atoms with Crippen molar-refractivity contribution in [3.8, 4) is 0 Å². The minimum Gasteiger partial charge on any atom is -0.378 e. The molecule has 0 saturated heterocycles. The fraction of sp³-hybridized carbons (Fsp3) is 0.188. The Balaban J connectivity index is 2.14. The van der Waals surface area contributed by atoms with Crippen molar-refractivity contribution in [1.82, 2.24) is 0 Å². The standard InChI is InChI=1S/C16H18N2O/c1-12-6-4-5-7-15(12)17-16(19)13-8-10-14(11-9-13)18(2)3/h4-11H,1-3H3,(H,17,19). The molecule has 98 valence electrons. The van der Waals surface area contributed by atoms with Gasteiger partial charge in [-0.1, -0.05) is 18.2 Å². The number of para-hydroxylation sites is 1. The third kappa shape index (κ3) is 3.13. The third-order valence-corrected chi connectivity index (χ3v) is 3.04. The van der Waals surface area contributed by atoms with E-state index in [-0.39, 0.29) is 5.91 Å². The largest absolute Gasteiger partial charge is 0.378 e. The predicted octanol–water partition coefficient (Wildman–Crippen LogP) is 3.31. The number of aryl methyl sites for hydroxylation is 1. The summed E-state index contributed by atoms with van der Waals surface area (Å²) >= 11 is 0. The Morgan fingerprint density at radius 1 is 1.00 bits per heavy atom. The van der Waals surface area contributed by atoms with Crippen LogP contribution in [0.15, 0.2) is 48.5 Å². The van der Waals surface area contributed by atoms with Crippen molar-refractivity contribution < 1.29 is 4.79 Å². The lowest BCUT2D eigenvalue weighted by Crippen LogP contribution is -2.13. The molecule has 1 N–H and O–H groups in total. The Bertz CT molecular complexity index is 574. The summed E-state index contributed by atoms with van der Waals surface area (Å²) in [7, 11) is 3.95. The van der Waals surface area contributed by atoms with Crippen molar-refractivity contribution in [2.24, 2.45) is 0 Å². The van der Waals surface area contributed by atoms with Crippen LogP contribution in [0.25, 0.3) is 0 Å². The first-order valence-electron chi connectivity index (χ1n) is 6.22. The van der Waals surface area contributed by atoms with Gasteiger partial charge in [-0.15, -0.1) is 0 Å². The van der Waals surface area contributed by atoms with Gasteiger partial charge >= 0.3 is 0 Å². The molecule has 0 unspecified atom stereocenters. The van der Waals surface area contributed by atoms with E-state index >= 15 is 0 Å². The molecule has 0 aliphatic heterocycles. The SMILES string of the molecule is Cc1ccccc1NC(=O)c1ccc(N(C)C)cc1. The van der Waals surface area contributed by atoms with Gasteiger partial charge in [-0.25, -0.2) is 0 Å². The van der Waals surface area contributed by atoms with Crippen molar-refractivity contribution in [3.63, 3.8) is 0 Å². The average Bonchev–Trinajstić information content (AvgIpc) is 2.41. The first-order chi connectivity index (χ1) is 9.08. The molecule has 1 amide bonds. The van der Waals surface area contributed by atoms with Gasteiger partial charge in [-0.05, 0) is 42.8 Å². The van der Waals surface area contributed by atoms with Gasteiger partial charge in [-0.3, -0.25) is 4.79 Å². The summed E-state index contributed by atoms with van der Waals surface area (Å²) in [6.07, 6.45) is 0. The highest BCUT2D eigenvalue weighted by Crippen LogP contribution is 2.16. The molecule has 0 spiro atoms. The summed E-state index contributed by atoms with van der Waals surface area (Å²) in [6.45, 7) is 1.98. The Morgan fingerprint density at radius 3 is 2.21 bits per heavy atom. The summed E-state index contributed by atoms with van der Waals surface area (Å²) in [5, 5.41) is 2.92. The molecule has 3 heteroatoms. The number of benzene rings is 2. The number of hydrogen-bond donors (Lipinski definition) is 1. The van der Waals surface area contributed by atoms with Gasteiger partial charge in [0.05, 0.1) is 0 Å². The molecule has 0 aliphatic rings. The Hall–Kier alpha value is -2.29. The number of carbonyl (C=O) groups is 1. The smallest absolute Gasteiger partial charge is 0.255 e. The zero-order valence-corrected chi connectivity index (χ0v) is 11.5. The fourth-order valence-corrected chi connectivity index (χ4v) is 1.82. The molecule has 0 saturated carbocycles. The van der Waals surface area contributed by atoms with E-state index in [0.29, 0.717) is 5.56 Å². The fourth-order valence-electron chi connectivity index (χ4n) is 1.82. The van der Waals surface area contributed by atoms with Crippen molar-refractivity contribution in [3.05, 3.63) is 59.7 Å². The van der Waals surface area contributed by atoms with Gasteiger partial charge < -0.3 is 10.2 Å². The van der Waals surface area contributed by atoms with E-state index in [2.05, 4.69) is 5.32 Å². The second kappa shape index (κ2) is 5.57. The van der Waals surface area contributed by atoms with Crippen LogP contribution >= 0.6 is 0 Å². The highest BCUT2D eigenvalue weighted by molar-refractivity contribution is 6.04. The van der Waals surface area contributed by atoms with E-state index in [1.165, 1.54) is 0 Å². The van der Waals surface area contributed by atoms with Crippen molar-refractivity contribution in [2.45, 2.75) is 6.92 Å². The molecule has 0 atom stereocenters. The maximum atomic E-state index is 12.1. The van der Waals surface area contributed by atoms with Gasteiger partial charge in [0.1, 0.15) is 0 Å². The molecule has 19 heavy (non-hydrogen) atoms. The summed E-state index contributed by atoms with van der Waals surface area (Å²) in [5.74, 6) is -0.0837. The van der Waals surface area contributed by atoms with E-state index in [1.54, 1.807) is 0 Å². The number of nitrogens with zero attached hydrogens (tertiary/aromatic N) is 1. The first-order valence-corrected chi connectivity index (χ1v) is 6.22. The summed E-state index contributed by atoms with van der Waals surface area (Å²) in [6, 6.07) is 15.3. The molecule has 3 nitrogen and oxygen atoms in total. The summed E-state index contributed by atoms with van der Waals surface area (Å²) in [5.41, 5.74) is 3.64. The lowest BCUT2D eigenvalue weighted by atomic mass is 10.1. The quantitative estimate of drug-likeness (QED) is 0.911. The summed E-state index contributed by atoms with van der Waals surface area (Å²) in [4.78, 5) is 14.1. The van der Waals surface area contributed by atoms with Gasteiger partial charge in [0.15, 0.2) is 0 Å². The van der Waals surface area contributed by atoms with E-state index in [1.807, 2.05) is 74.4 Å². The zero-order valence-electron chi connectivity index (χ0n) is 11.5. The number of anilines is 2. The van der Waals surface area contributed by atoms with Crippen LogP contribution in [0.1, 0.15) is 15.9 Å². The molecule has 0 aromatic heterocycles. The molecule has 2 rings (SSSR count). The van der Waals surface area contributed by atoms with Crippen molar-refractivity contribution in [1.29, 1.82) is 0 Å². The van der Waals surface area contributed by atoms with Gasteiger partial charge in [-0.2, -0.15) is 0 Å². The molecular weight excluding hydrogens is 236 g/mol.